The van der Waals surface area contributed by atoms with Gasteiger partial charge in [-0.05, 0) is 30.7 Å². The van der Waals surface area contributed by atoms with Crippen LogP contribution in [0.5, 0.6) is 11.5 Å². The summed E-state index contributed by atoms with van der Waals surface area (Å²) in [7, 11) is 2.14. The smallest absolute Gasteiger partial charge is 0.231 e. The van der Waals surface area contributed by atoms with Gasteiger partial charge in [-0.25, -0.2) is 4.98 Å². The van der Waals surface area contributed by atoms with Gasteiger partial charge < -0.3 is 9.47 Å². The molecule has 0 radical (unpaired) electrons. The second kappa shape index (κ2) is 5.89. The Balaban J connectivity index is 1.71. The highest BCUT2D eigenvalue weighted by Gasteiger charge is 2.17. The summed E-state index contributed by atoms with van der Waals surface area (Å²) < 4.78 is 10.8. The molecule has 22 heavy (non-hydrogen) atoms. The summed E-state index contributed by atoms with van der Waals surface area (Å²) in [6.45, 7) is 8.98. The van der Waals surface area contributed by atoms with Gasteiger partial charge >= 0.3 is 0 Å². The summed E-state index contributed by atoms with van der Waals surface area (Å²) >= 11 is 1.67. The van der Waals surface area contributed by atoms with E-state index >= 15 is 0 Å². The van der Waals surface area contributed by atoms with Crippen molar-refractivity contribution in [2.45, 2.75) is 27.3 Å². The molecule has 2 heterocycles. The zero-order valence-electron chi connectivity index (χ0n) is 13.5. The van der Waals surface area contributed by atoms with Crippen LogP contribution < -0.4 is 9.47 Å². The van der Waals surface area contributed by atoms with Gasteiger partial charge in [-0.15, -0.1) is 11.3 Å². The maximum Gasteiger partial charge on any atom is 0.231 e. The number of hydrogen-bond acceptors (Lipinski definition) is 5. The highest BCUT2D eigenvalue weighted by Crippen LogP contribution is 2.36. The zero-order chi connectivity index (χ0) is 15.7. The summed E-state index contributed by atoms with van der Waals surface area (Å²) in [6, 6.07) is 5.99. The molecule has 0 spiro atoms. The van der Waals surface area contributed by atoms with Gasteiger partial charge in [-0.2, -0.15) is 0 Å². The van der Waals surface area contributed by atoms with Gasteiger partial charge in [0.15, 0.2) is 11.5 Å². The molecule has 2 aromatic rings. The fourth-order valence-corrected chi connectivity index (χ4v) is 3.49. The van der Waals surface area contributed by atoms with Crippen molar-refractivity contribution < 1.29 is 9.47 Å². The van der Waals surface area contributed by atoms with Crippen LogP contribution in [0.3, 0.4) is 0 Å². The molecule has 0 fully saturated rings. The normalized spacial score (nSPS) is 13.9. The van der Waals surface area contributed by atoms with E-state index in [1.54, 1.807) is 11.3 Å². The molecule has 0 aliphatic carbocycles. The number of fused-ring (bicyclic) bond motifs is 1. The van der Waals surface area contributed by atoms with Gasteiger partial charge in [0.05, 0.1) is 5.69 Å². The Hall–Kier alpha value is -1.59. The van der Waals surface area contributed by atoms with E-state index in [2.05, 4.69) is 38.1 Å². The summed E-state index contributed by atoms with van der Waals surface area (Å²) in [5.74, 6) is 1.62. The summed E-state index contributed by atoms with van der Waals surface area (Å²) in [4.78, 5) is 7.07. The third-order valence-electron chi connectivity index (χ3n) is 3.35. The van der Waals surface area contributed by atoms with Gasteiger partial charge in [0.25, 0.3) is 0 Å². The van der Waals surface area contributed by atoms with Crippen molar-refractivity contribution in [3.8, 4) is 22.1 Å². The van der Waals surface area contributed by atoms with Crippen LogP contribution in [0.2, 0.25) is 0 Å². The maximum atomic E-state index is 5.43. The second-order valence-corrected chi connectivity index (χ2v) is 7.80. The van der Waals surface area contributed by atoms with Crippen LogP contribution >= 0.6 is 11.3 Å². The Kier molecular flexibility index (Phi) is 4.10. The van der Waals surface area contributed by atoms with E-state index in [1.165, 1.54) is 0 Å². The monoisotopic (exact) mass is 318 g/mol. The number of ether oxygens (including phenoxy) is 2. The number of nitrogens with zero attached hydrogens (tertiary/aromatic N) is 2. The SMILES string of the molecule is CN(Cc1csc(-c2ccc3c(c2)OCO3)n1)CC(C)(C)C. The summed E-state index contributed by atoms with van der Waals surface area (Å²) in [5.41, 5.74) is 2.49. The number of rotatable bonds is 4. The van der Waals surface area contributed by atoms with Crippen LogP contribution in [-0.4, -0.2) is 30.3 Å². The zero-order valence-corrected chi connectivity index (χ0v) is 14.4. The molecule has 0 saturated heterocycles. The molecule has 1 aromatic heterocycles. The summed E-state index contributed by atoms with van der Waals surface area (Å²) in [5, 5.41) is 3.16. The fourth-order valence-electron chi connectivity index (χ4n) is 2.68. The first-order valence-electron chi connectivity index (χ1n) is 7.44. The lowest BCUT2D eigenvalue weighted by Gasteiger charge is -2.25. The maximum absolute atomic E-state index is 5.43. The van der Waals surface area contributed by atoms with Crippen molar-refractivity contribution in [1.29, 1.82) is 0 Å². The van der Waals surface area contributed by atoms with Crippen molar-refractivity contribution in [1.82, 2.24) is 9.88 Å². The first kappa shape index (κ1) is 15.3. The van der Waals surface area contributed by atoms with E-state index < -0.39 is 0 Å². The predicted molar refractivity (Wildman–Crippen MR) is 89.5 cm³/mol. The lowest BCUT2D eigenvalue weighted by molar-refractivity contribution is 0.174. The van der Waals surface area contributed by atoms with Crippen LogP contribution in [0.4, 0.5) is 0 Å². The lowest BCUT2D eigenvalue weighted by Crippen LogP contribution is -2.28. The molecule has 0 N–H and O–H groups in total. The predicted octanol–water partition coefficient (Wildman–Crippen LogP) is 4.02. The Labute approximate surface area is 135 Å². The molecule has 0 atom stereocenters. The van der Waals surface area contributed by atoms with E-state index in [9.17, 15) is 0 Å². The number of aromatic nitrogens is 1. The first-order valence-corrected chi connectivity index (χ1v) is 8.32. The van der Waals surface area contributed by atoms with E-state index in [1.807, 2.05) is 18.2 Å². The standard InChI is InChI=1S/C17H22N2O2S/c1-17(2,3)10-19(4)8-13-9-22-16(18-13)12-5-6-14-15(7-12)21-11-20-14/h5-7,9H,8,10-11H2,1-4H3. The van der Waals surface area contributed by atoms with E-state index in [0.717, 1.165) is 40.9 Å². The minimum Gasteiger partial charge on any atom is -0.454 e. The molecule has 1 aromatic carbocycles. The third-order valence-corrected chi connectivity index (χ3v) is 4.29. The van der Waals surface area contributed by atoms with E-state index in [4.69, 9.17) is 14.5 Å². The average molecular weight is 318 g/mol. The van der Waals surface area contributed by atoms with Crippen LogP contribution in [0.1, 0.15) is 26.5 Å². The van der Waals surface area contributed by atoms with Crippen molar-refractivity contribution in [3.63, 3.8) is 0 Å². The number of thiazole rings is 1. The van der Waals surface area contributed by atoms with Gasteiger partial charge in [-0.1, -0.05) is 20.8 Å². The average Bonchev–Trinajstić information content (AvgIpc) is 3.03. The fraction of sp³-hybridized carbons (Fsp3) is 0.471. The van der Waals surface area contributed by atoms with Crippen LogP contribution in [0.15, 0.2) is 23.6 Å². The highest BCUT2D eigenvalue weighted by molar-refractivity contribution is 7.13. The largest absolute Gasteiger partial charge is 0.454 e. The van der Waals surface area contributed by atoms with Crippen molar-refractivity contribution in [2.75, 3.05) is 20.4 Å². The van der Waals surface area contributed by atoms with Gasteiger partial charge in [0.2, 0.25) is 6.79 Å². The van der Waals surface area contributed by atoms with Crippen LogP contribution in [0, 0.1) is 5.41 Å². The molecule has 0 amide bonds. The minimum atomic E-state index is 0.297. The van der Waals surface area contributed by atoms with Crippen LogP contribution in [-0.2, 0) is 6.54 Å². The molecular formula is C17H22N2O2S. The molecule has 0 bridgehead atoms. The lowest BCUT2D eigenvalue weighted by atomic mass is 9.96. The molecule has 1 aliphatic rings. The van der Waals surface area contributed by atoms with E-state index in [-0.39, 0.29) is 0 Å². The molecule has 5 heteroatoms. The molecule has 0 unspecified atom stereocenters. The highest BCUT2D eigenvalue weighted by atomic mass is 32.1. The Bertz CT molecular complexity index is 661. The second-order valence-electron chi connectivity index (χ2n) is 6.94. The number of benzene rings is 1. The summed E-state index contributed by atoms with van der Waals surface area (Å²) in [6.07, 6.45) is 0. The first-order chi connectivity index (χ1) is 10.4. The molecule has 118 valence electrons. The van der Waals surface area contributed by atoms with Gasteiger partial charge in [-0.3, -0.25) is 4.90 Å². The van der Waals surface area contributed by atoms with Gasteiger partial charge in [0.1, 0.15) is 5.01 Å². The van der Waals surface area contributed by atoms with E-state index in [0.29, 0.717) is 12.2 Å². The van der Waals surface area contributed by atoms with Crippen molar-refractivity contribution >= 4 is 11.3 Å². The molecular weight excluding hydrogens is 296 g/mol. The Morgan fingerprint density at radius 2 is 2.00 bits per heavy atom. The quantitative estimate of drug-likeness (QED) is 0.853. The van der Waals surface area contributed by atoms with Gasteiger partial charge in [0, 0.05) is 24.0 Å². The number of hydrogen-bond donors (Lipinski definition) is 0. The van der Waals surface area contributed by atoms with Crippen molar-refractivity contribution in [2.24, 2.45) is 5.41 Å². The molecule has 3 rings (SSSR count). The third kappa shape index (κ3) is 3.59. The molecule has 0 saturated carbocycles. The van der Waals surface area contributed by atoms with Crippen molar-refractivity contribution in [3.05, 3.63) is 29.3 Å². The topological polar surface area (TPSA) is 34.6 Å². The Morgan fingerprint density at radius 1 is 1.23 bits per heavy atom. The molecule has 4 nitrogen and oxygen atoms in total. The minimum absolute atomic E-state index is 0.297. The Morgan fingerprint density at radius 3 is 2.77 bits per heavy atom. The molecule has 1 aliphatic heterocycles. The van der Waals surface area contributed by atoms with Crippen LogP contribution in [0.25, 0.3) is 10.6 Å².